The molecule has 0 aliphatic carbocycles. The molecule has 0 amide bonds. The highest BCUT2D eigenvalue weighted by Gasteiger charge is 2.25. The summed E-state index contributed by atoms with van der Waals surface area (Å²) in [5.74, 6) is 1.25. The summed E-state index contributed by atoms with van der Waals surface area (Å²) >= 11 is 0. The molecule has 2 aromatic heterocycles. The van der Waals surface area contributed by atoms with Gasteiger partial charge < -0.3 is 14.2 Å². The van der Waals surface area contributed by atoms with Crippen LogP contribution in [0.15, 0.2) is 29.0 Å². The molecule has 0 radical (unpaired) electrons. The van der Waals surface area contributed by atoms with Gasteiger partial charge in [0.15, 0.2) is 5.82 Å². The Morgan fingerprint density at radius 1 is 1.23 bits per heavy atom. The van der Waals surface area contributed by atoms with Crippen LogP contribution in [0.4, 0.5) is 5.69 Å². The maximum atomic E-state index is 5.34. The van der Waals surface area contributed by atoms with Crippen LogP contribution in [0.2, 0.25) is 0 Å². The fourth-order valence-electron chi connectivity index (χ4n) is 2.70. The number of hydrogen-bond acceptors (Lipinski definition) is 7. The highest BCUT2D eigenvalue weighted by atomic mass is 16.5. The lowest BCUT2D eigenvalue weighted by Gasteiger charge is -2.37. The van der Waals surface area contributed by atoms with Crippen LogP contribution in [0.25, 0.3) is 0 Å². The molecule has 3 rings (SSSR count). The molecule has 7 nitrogen and oxygen atoms in total. The van der Waals surface area contributed by atoms with E-state index < -0.39 is 0 Å². The number of anilines is 1. The number of aromatic nitrogens is 3. The van der Waals surface area contributed by atoms with Gasteiger partial charge >= 0.3 is 0 Å². The molecular formula is C15H21N5O2. The number of pyridine rings is 1. The standard InChI is InChI=1S/C15H21N5O2/c1-12(15-17-14(11-21-2)18-22-15)19-7-9-20(10-8-19)13-3-5-16-6-4-13/h3-6,12H,7-11H2,1-2H3/t12-/m0/s1. The molecule has 0 unspecified atom stereocenters. The average molecular weight is 303 g/mol. The third-order valence-corrected chi connectivity index (χ3v) is 4.00. The minimum Gasteiger partial charge on any atom is -0.377 e. The molecule has 0 bridgehead atoms. The van der Waals surface area contributed by atoms with E-state index in [2.05, 4.69) is 31.8 Å². The maximum Gasteiger partial charge on any atom is 0.243 e. The minimum atomic E-state index is 0.123. The van der Waals surface area contributed by atoms with Gasteiger partial charge in [-0.15, -0.1) is 0 Å². The summed E-state index contributed by atoms with van der Waals surface area (Å²) in [5.41, 5.74) is 1.22. The predicted molar refractivity (Wildman–Crippen MR) is 81.4 cm³/mol. The molecule has 22 heavy (non-hydrogen) atoms. The zero-order chi connectivity index (χ0) is 15.4. The van der Waals surface area contributed by atoms with Gasteiger partial charge in [-0.1, -0.05) is 5.16 Å². The van der Waals surface area contributed by atoms with E-state index in [9.17, 15) is 0 Å². The lowest BCUT2D eigenvalue weighted by Crippen LogP contribution is -2.47. The van der Waals surface area contributed by atoms with Crippen LogP contribution in [-0.2, 0) is 11.3 Å². The molecule has 0 aromatic carbocycles. The van der Waals surface area contributed by atoms with Crippen molar-refractivity contribution in [3.05, 3.63) is 36.2 Å². The third-order valence-electron chi connectivity index (χ3n) is 4.00. The highest BCUT2D eigenvalue weighted by molar-refractivity contribution is 5.44. The van der Waals surface area contributed by atoms with Gasteiger partial charge in [0, 0.05) is 51.4 Å². The molecule has 3 heterocycles. The third kappa shape index (κ3) is 3.26. The second-order valence-electron chi connectivity index (χ2n) is 5.39. The Hall–Kier alpha value is -1.99. The van der Waals surface area contributed by atoms with E-state index in [1.165, 1.54) is 5.69 Å². The Morgan fingerprint density at radius 3 is 2.64 bits per heavy atom. The first kappa shape index (κ1) is 14.9. The van der Waals surface area contributed by atoms with Gasteiger partial charge in [-0.3, -0.25) is 9.88 Å². The Kier molecular flexibility index (Phi) is 4.65. The van der Waals surface area contributed by atoms with Crippen LogP contribution >= 0.6 is 0 Å². The molecule has 0 spiro atoms. The molecule has 1 atom stereocenters. The number of hydrogen-bond donors (Lipinski definition) is 0. The smallest absolute Gasteiger partial charge is 0.243 e. The van der Waals surface area contributed by atoms with Crippen LogP contribution in [0.5, 0.6) is 0 Å². The van der Waals surface area contributed by atoms with Crippen molar-refractivity contribution < 1.29 is 9.26 Å². The monoisotopic (exact) mass is 303 g/mol. The van der Waals surface area contributed by atoms with Crippen molar-refractivity contribution >= 4 is 5.69 Å². The van der Waals surface area contributed by atoms with E-state index in [0.29, 0.717) is 18.3 Å². The van der Waals surface area contributed by atoms with Gasteiger partial charge in [-0.2, -0.15) is 4.98 Å². The fourth-order valence-corrected chi connectivity index (χ4v) is 2.70. The second-order valence-corrected chi connectivity index (χ2v) is 5.39. The molecule has 0 saturated carbocycles. The van der Waals surface area contributed by atoms with Crippen molar-refractivity contribution in [3.63, 3.8) is 0 Å². The van der Waals surface area contributed by atoms with Crippen LogP contribution in [0, 0.1) is 0 Å². The summed E-state index contributed by atoms with van der Waals surface area (Å²) in [6, 6.07) is 4.22. The van der Waals surface area contributed by atoms with Gasteiger partial charge in [0.25, 0.3) is 0 Å². The first-order chi connectivity index (χ1) is 10.8. The van der Waals surface area contributed by atoms with Crippen molar-refractivity contribution in [1.82, 2.24) is 20.0 Å². The number of piperazine rings is 1. The number of methoxy groups -OCH3 is 1. The SMILES string of the molecule is COCc1noc([C@H](C)N2CCN(c3ccncc3)CC2)n1. The van der Waals surface area contributed by atoms with Crippen molar-refractivity contribution in [2.75, 3.05) is 38.2 Å². The summed E-state index contributed by atoms with van der Waals surface area (Å²) in [5, 5.41) is 3.93. The average Bonchev–Trinajstić information content (AvgIpc) is 3.04. The molecule has 1 fully saturated rings. The van der Waals surface area contributed by atoms with Crippen molar-refractivity contribution in [1.29, 1.82) is 0 Å². The van der Waals surface area contributed by atoms with Gasteiger partial charge in [-0.05, 0) is 19.1 Å². The normalized spacial score (nSPS) is 17.6. The van der Waals surface area contributed by atoms with E-state index in [0.717, 1.165) is 26.2 Å². The van der Waals surface area contributed by atoms with E-state index in [1.807, 2.05) is 24.5 Å². The van der Waals surface area contributed by atoms with Gasteiger partial charge in [-0.25, -0.2) is 0 Å². The van der Waals surface area contributed by atoms with E-state index in [1.54, 1.807) is 7.11 Å². The Morgan fingerprint density at radius 2 is 1.95 bits per heavy atom. The Labute approximate surface area is 129 Å². The van der Waals surface area contributed by atoms with Crippen LogP contribution in [0.1, 0.15) is 24.7 Å². The number of rotatable bonds is 5. The quantitative estimate of drug-likeness (QED) is 0.829. The molecule has 1 aliphatic rings. The molecule has 2 aromatic rings. The second kappa shape index (κ2) is 6.85. The van der Waals surface area contributed by atoms with E-state index in [4.69, 9.17) is 9.26 Å². The van der Waals surface area contributed by atoms with Crippen LogP contribution < -0.4 is 4.90 Å². The van der Waals surface area contributed by atoms with Gasteiger partial charge in [0.1, 0.15) is 6.61 Å². The van der Waals surface area contributed by atoms with Crippen molar-refractivity contribution in [2.24, 2.45) is 0 Å². The molecular weight excluding hydrogens is 282 g/mol. The number of ether oxygens (including phenoxy) is 1. The predicted octanol–water partition coefficient (Wildman–Crippen LogP) is 1.49. The summed E-state index contributed by atoms with van der Waals surface area (Å²) in [6.45, 7) is 6.37. The molecule has 1 aliphatic heterocycles. The van der Waals surface area contributed by atoms with E-state index in [-0.39, 0.29) is 6.04 Å². The van der Waals surface area contributed by atoms with Crippen molar-refractivity contribution in [3.8, 4) is 0 Å². The maximum absolute atomic E-state index is 5.34. The van der Waals surface area contributed by atoms with Crippen LogP contribution in [0.3, 0.4) is 0 Å². The topological polar surface area (TPSA) is 67.5 Å². The van der Waals surface area contributed by atoms with E-state index >= 15 is 0 Å². The number of nitrogens with zero attached hydrogens (tertiary/aromatic N) is 5. The zero-order valence-corrected chi connectivity index (χ0v) is 13.0. The van der Waals surface area contributed by atoms with Gasteiger partial charge in [0.05, 0.1) is 6.04 Å². The van der Waals surface area contributed by atoms with Crippen LogP contribution in [-0.4, -0.2) is 53.3 Å². The summed E-state index contributed by atoms with van der Waals surface area (Å²) in [4.78, 5) is 13.2. The Balaban J connectivity index is 1.58. The minimum absolute atomic E-state index is 0.123. The Bertz CT molecular complexity index is 581. The summed E-state index contributed by atoms with van der Waals surface area (Å²) in [7, 11) is 1.62. The first-order valence-corrected chi connectivity index (χ1v) is 7.48. The summed E-state index contributed by atoms with van der Waals surface area (Å²) in [6.07, 6.45) is 3.67. The molecule has 118 valence electrons. The lowest BCUT2D eigenvalue weighted by molar-refractivity contribution is 0.162. The fraction of sp³-hybridized carbons (Fsp3) is 0.533. The first-order valence-electron chi connectivity index (χ1n) is 7.48. The molecule has 0 N–H and O–H groups in total. The van der Waals surface area contributed by atoms with Crippen molar-refractivity contribution in [2.45, 2.75) is 19.6 Å². The van der Waals surface area contributed by atoms with Gasteiger partial charge in [0.2, 0.25) is 5.89 Å². The summed E-state index contributed by atoms with van der Waals surface area (Å²) < 4.78 is 10.4. The largest absolute Gasteiger partial charge is 0.377 e. The molecule has 7 heteroatoms. The zero-order valence-electron chi connectivity index (χ0n) is 13.0. The lowest BCUT2D eigenvalue weighted by atomic mass is 10.2. The molecule has 1 saturated heterocycles. The highest BCUT2D eigenvalue weighted by Crippen LogP contribution is 2.22.